The van der Waals surface area contributed by atoms with E-state index in [0.29, 0.717) is 25.1 Å². The highest BCUT2D eigenvalue weighted by Crippen LogP contribution is 2.22. The third kappa shape index (κ3) is 4.80. The quantitative estimate of drug-likeness (QED) is 0.385. The number of nitrogens with two attached hydrogens (primary N) is 1. The molecule has 0 aliphatic carbocycles. The molecule has 0 bridgehead atoms. The molecular formula is C16H19N3O3S. The summed E-state index contributed by atoms with van der Waals surface area (Å²) in [5.74, 6) is 0. The number of carbonyl (C=O) groups excluding carboxylic acids is 1. The molecule has 0 saturated heterocycles. The Kier molecular flexibility index (Phi) is 5.72. The van der Waals surface area contributed by atoms with Gasteiger partial charge in [-0.3, -0.25) is 4.79 Å². The Hall–Kier alpha value is -2.38. The van der Waals surface area contributed by atoms with Crippen molar-refractivity contribution in [1.82, 2.24) is 10.0 Å². The minimum Gasteiger partial charge on any atom is -0.399 e. The first-order chi connectivity index (χ1) is 11.0. The van der Waals surface area contributed by atoms with Crippen molar-refractivity contribution in [2.45, 2.75) is 11.3 Å². The van der Waals surface area contributed by atoms with E-state index >= 15 is 0 Å². The monoisotopic (exact) mass is 333 g/mol. The number of hydrogen-bond acceptors (Lipinski definition) is 4. The van der Waals surface area contributed by atoms with E-state index in [-0.39, 0.29) is 11.4 Å². The zero-order valence-electron chi connectivity index (χ0n) is 12.5. The lowest BCUT2D eigenvalue weighted by Crippen LogP contribution is -2.27. The maximum absolute atomic E-state index is 12.1. The first-order valence-corrected chi connectivity index (χ1v) is 8.64. The van der Waals surface area contributed by atoms with Crippen LogP contribution in [0.2, 0.25) is 0 Å². The van der Waals surface area contributed by atoms with E-state index in [4.69, 9.17) is 5.73 Å². The molecule has 7 heteroatoms. The van der Waals surface area contributed by atoms with Gasteiger partial charge in [0, 0.05) is 18.8 Å². The molecule has 0 unspecified atom stereocenters. The lowest BCUT2D eigenvalue weighted by Gasteiger charge is -2.08. The Morgan fingerprint density at radius 1 is 0.913 bits per heavy atom. The van der Waals surface area contributed by atoms with Crippen LogP contribution >= 0.6 is 0 Å². The first kappa shape index (κ1) is 17.0. The van der Waals surface area contributed by atoms with Gasteiger partial charge in [0.05, 0.1) is 4.90 Å². The van der Waals surface area contributed by atoms with Gasteiger partial charge in [-0.25, -0.2) is 13.1 Å². The summed E-state index contributed by atoms with van der Waals surface area (Å²) in [7, 11) is -3.54. The molecule has 2 rings (SSSR count). The molecule has 23 heavy (non-hydrogen) atoms. The molecule has 0 saturated carbocycles. The van der Waals surface area contributed by atoms with Crippen LogP contribution in [0.25, 0.3) is 11.1 Å². The van der Waals surface area contributed by atoms with Gasteiger partial charge in [0.2, 0.25) is 16.4 Å². The second kappa shape index (κ2) is 7.75. The van der Waals surface area contributed by atoms with Crippen molar-refractivity contribution in [1.29, 1.82) is 0 Å². The van der Waals surface area contributed by atoms with Gasteiger partial charge in [-0.2, -0.15) is 0 Å². The third-order valence-corrected chi connectivity index (χ3v) is 4.76. The number of carbonyl (C=O) groups is 1. The van der Waals surface area contributed by atoms with Crippen molar-refractivity contribution in [3.05, 3.63) is 48.5 Å². The van der Waals surface area contributed by atoms with Gasteiger partial charge in [0.1, 0.15) is 0 Å². The molecule has 0 aliphatic rings. The highest BCUT2D eigenvalue weighted by atomic mass is 32.2. The van der Waals surface area contributed by atoms with Gasteiger partial charge < -0.3 is 11.1 Å². The summed E-state index contributed by atoms with van der Waals surface area (Å²) in [5.41, 5.74) is 8.22. The average molecular weight is 333 g/mol. The third-order valence-electron chi connectivity index (χ3n) is 3.28. The van der Waals surface area contributed by atoms with Gasteiger partial charge in [0.25, 0.3) is 0 Å². The smallest absolute Gasteiger partial charge is 0.240 e. The average Bonchev–Trinajstić information content (AvgIpc) is 2.55. The number of nitrogens with one attached hydrogen (secondary N) is 2. The summed E-state index contributed by atoms with van der Waals surface area (Å²) in [6, 6.07) is 14.0. The SMILES string of the molecule is Nc1ccc(-c2ccc(S(=O)(=O)NCCCNC=O)cc2)cc1. The summed E-state index contributed by atoms with van der Waals surface area (Å²) in [4.78, 5) is 10.3. The van der Waals surface area contributed by atoms with Crippen LogP contribution in [0.15, 0.2) is 53.4 Å². The van der Waals surface area contributed by atoms with Crippen LogP contribution in [0.3, 0.4) is 0 Å². The summed E-state index contributed by atoms with van der Waals surface area (Å²) in [6.45, 7) is 0.699. The molecule has 2 aromatic rings. The fraction of sp³-hybridized carbons (Fsp3) is 0.188. The molecule has 0 aliphatic heterocycles. The van der Waals surface area contributed by atoms with E-state index < -0.39 is 10.0 Å². The first-order valence-electron chi connectivity index (χ1n) is 7.15. The van der Waals surface area contributed by atoms with Crippen LogP contribution in [-0.2, 0) is 14.8 Å². The molecule has 0 spiro atoms. The number of nitrogen functional groups attached to an aromatic ring is 1. The van der Waals surface area contributed by atoms with Crippen LogP contribution in [0, 0.1) is 0 Å². The maximum atomic E-state index is 12.1. The minimum atomic E-state index is -3.54. The van der Waals surface area contributed by atoms with E-state index in [1.54, 1.807) is 36.4 Å². The van der Waals surface area contributed by atoms with Crippen molar-refractivity contribution in [2.24, 2.45) is 0 Å². The number of rotatable bonds is 8. The molecule has 0 fully saturated rings. The van der Waals surface area contributed by atoms with Crippen LogP contribution in [0.5, 0.6) is 0 Å². The summed E-state index contributed by atoms with van der Waals surface area (Å²) in [5, 5.41) is 2.48. The lowest BCUT2D eigenvalue weighted by molar-refractivity contribution is -0.109. The van der Waals surface area contributed by atoms with Crippen molar-refractivity contribution in [3.8, 4) is 11.1 Å². The van der Waals surface area contributed by atoms with Crippen molar-refractivity contribution in [3.63, 3.8) is 0 Å². The highest BCUT2D eigenvalue weighted by molar-refractivity contribution is 7.89. The normalized spacial score (nSPS) is 11.1. The molecule has 0 atom stereocenters. The molecule has 6 nitrogen and oxygen atoms in total. The number of anilines is 1. The Balaban J connectivity index is 2.03. The molecule has 4 N–H and O–H groups in total. The number of benzene rings is 2. The number of amides is 1. The minimum absolute atomic E-state index is 0.208. The van der Waals surface area contributed by atoms with E-state index in [2.05, 4.69) is 10.0 Å². The van der Waals surface area contributed by atoms with Gasteiger partial charge in [-0.05, 0) is 41.8 Å². The predicted octanol–water partition coefficient (Wildman–Crippen LogP) is 1.35. The van der Waals surface area contributed by atoms with Crippen molar-refractivity contribution in [2.75, 3.05) is 18.8 Å². The Labute approximate surface area is 135 Å². The second-order valence-electron chi connectivity index (χ2n) is 4.97. The summed E-state index contributed by atoms with van der Waals surface area (Å²) < 4.78 is 26.8. The van der Waals surface area contributed by atoms with Gasteiger partial charge >= 0.3 is 0 Å². The molecular weight excluding hydrogens is 314 g/mol. The standard InChI is InChI=1S/C16H19N3O3S/c17-15-6-2-13(3-7-15)14-4-8-16(9-5-14)23(21,22)19-11-1-10-18-12-20/h2-9,12,19H,1,10-11,17H2,(H,18,20). The fourth-order valence-corrected chi connectivity index (χ4v) is 3.12. The molecule has 0 radical (unpaired) electrons. The summed E-state index contributed by atoms with van der Waals surface area (Å²) >= 11 is 0. The van der Waals surface area contributed by atoms with Crippen LogP contribution in [0.1, 0.15) is 6.42 Å². The topological polar surface area (TPSA) is 101 Å². The predicted molar refractivity (Wildman–Crippen MR) is 90.2 cm³/mol. The number of hydrogen-bond donors (Lipinski definition) is 3. The molecule has 0 heterocycles. The lowest BCUT2D eigenvalue weighted by atomic mass is 10.1. The van der Waals surface area contributed by atoms with Crippen molar-refractivity contribution >= 4 is 22.1 Å². The van der Waals surface area contributed by atoms with Crippen molar-refractivity contribution < 1.29 is 13.2 Å². The zero-order chi connectivity index (χ0) is 16.7. The Morgan fingerprint density at radius 3 is 2.04 bits per heavy atom. The van der Waals surface area contributed by atoms with E-state index in [1.165, 1.54) is 0 Å². The Bertz CT molecular complexity index is 741. The van der Waals surface area contributed by atoms with Gasteiger partial charge in [-0.1, -0.05) is 24.3 Å². The highest BCUT2D eigenvalue weighted by Gasteiger charge is 2.13. The van der Waals surface area contributed by atoms with Crippen LogP contribution < -0.4 is 15.8 Å². The van der Waals surface area contributed by atoms with Crippen LogP contribution in [0.4, 0.5) is 5.69 Å². The Morgan fingerprint density at radius 2 is 1.48 bits per heavy atom. The van der Waals surface area contributed by atoms with E-state index in [9.17, 15) is 13.2 Å². The summed E-state index contributed by atoms with van der Waals surface area (Å²) in [6.07, 6.45) is 1.12. The fourth-order valence-electron chi connectivity index (χ4n) is 2.04. The molecule has 122 valence electrons. The largest absolute Gasteiger partial charge is 0.399 e. The van der Waals surface area contributed by atoms with Gasteiger partial charge in [0.15, 0.2) is 0 Å². The number of sulfonamides is 1. The maximum Gasteiger partial charge on any atom is 0.240 e. The molecule has 0 aromatic heterocycles. The van der Waals surface area contributed by atoms with Gasteiger partial charge in [-0.15, -0.1) is 0 Å². The second-order valence-corrected chi connectivity index (χ2v) is 6.74. The van der Waals surface area contributed by atoms with Crippen LogP contribution in [-0.4, -0.2) is 27.9 Å². The van der Waals surface area contributed by atoms with E-state index in [1.807, 2.05) is 12.1 Å². The van der Waals surface area contributed by atoms with E-state index in [0.717, 1.165) is 11.1 Å². The molecule has 2 aromatic carbocycles. The zero-order valence-corrected chi connectivity index (χ0v) is 13.3. The molecule has 1 amide bonds.